The zero-order valence-corrected chi connectivity index (χ0v) is 14.6. The summed E-state index contributed by atoms with van der Waals surface area (Å²) in [6.07, 6.45) is 3.04. The van der Waals surface area contributed by atoms with Gasteiger partial charge in [-0.3, -0.25) is 15.1 Å². The van der Waals surface area contributed by atoms with Gasteiger partial charge in [0.15, 0.2) is 0 Å². The Hall–Kier alpha value is -2.78. The van der Waals surface area contributed by atoms with Crippen LogP contribution in [-0.2, 0) is 10.0 Å². The number of phenolic OH excluding ortho intramolecular Hbond substituents is 1. The van der Waals surface area contributed by atoms with Crippen molar-refractivity contribution in [3.8, 4) is 5.75 Å². The number of benzene rings is 2. The highest BCUT2D eigenvalue weighted by atomic mass is 32.2. The molecule has 3 rings (SSSR count). The first kappa shape index (κ1) is 18.0. The summed E-state index contributed by atoms with van der Waals surface area (Å²) in [6, 6.07) is 9.70. The predicted molar refractivity (Wildman–Crippen MR) is 96.5 cm³/mol. The molecule has 0 aromatic heterocycles. The van der Waals surface area contributed by atoms with E-state index in [2.05, 4.69) is 4.99 Å². The largest absolute Gasteiger partial charge is 0.507 e. The monoisotopic (exact) mass is 375 g/mol. The van der Waals surface area contributed by atoms with Gasteiger partial charge in [0, 0.05) is 37.0 Å². The summed E-state index contributed by atoms with van der Waals surface area (Å²) in [7, 11) is -3.48. The Labute approximate surface area is 150 Å². The van der Waals surface area contributed by atoms with E-state index in [0.717, 1.165) is 12.8 Å². The summed E-state index contributed by atoms with van der Waals surface area (Å²) in [5, 5.41) is 20.6. The van der Waals surface area contributed by atoms with Crippen molar-refractivity contribution in [2.45, 2.75) is 17.7 Å². The van der Waals surface area contributed by atoms with Crippen LogP contribution in [0.5, 0.6) is 5.75 Å². The Kier molecular flexibility index (Phi) is 5.01. The van der Waals surface area contributed by atoms with E-state index >= 15 is 0 Å². The second-order valence-electron chi connectivity index (χ2n) is 5.86. The minimum Gasteiger partial charge on any atom is -0.507 e. The number of aromatic hydroxyl groups is 1. The van der Waals surface area contributed by atoms with Gasteiger partial charge in [0.05, 0.1) is 15.5 Å². The smallest absolute Gasteiger partial charge is 0.270 e. The molecule has 1 saturated heterocycles. The fourth-order valence-electron chi connectivity index (χ4n) is 2.68. The molecule has 0 spiro atoms. The zero-order chi connectivity index (χ0) is 18.7. The average Bonchev–Trinajstić information content (AvgIpc) is 3.16. The molecule has 1 fully saturated rings. The van der Waals surface area contributed by atoms with Crippen LogP contribution < -0.4 is 0 Å². The minimum absolute atomic E-state index is 0.132. The minimum atomic E-state index is -3.48. The van der Waals surface area contributed by atoms with Crippen LogP contribution in [0, 0.1) is 10.1 Å². The Morgan fingerprint density at radius 2 is 1.77 bits per heavy atom. The summed E-state index contributed by atoms with van der Waals surface area (Å²) >= 11 is 0. The van der Waals surface area contributed by atoms with Gasteiger partial charge in [-0.25, -0.2) is 8.42 Å². The second-order valence-corrected chi connectivity index (χ2v) is 7.80. The molecule has 8 nitrogen and oxygen atoms in total. The molecule has 2 aromatic carbocycles. The standard InChI is InChI=1S/C17H17N3O5S/c21-17-8-5-15(20(22)23)11-13(17)12-18-14-3-6-16(7-4-14)26(24,25)19-9-1-2-10-19/h3-8,11-12,21H,1-2,9-10H2. The summed E-state index contributed by atoms with van der Waals surface area (Å²) in [4.78, 5) is 14.6. The first-order valence-electron chi connectivity index (χ1n) is 7.99. The summed E-state index contributed by atoms with van der Waals surface area (Å²) in [5.74, 6) is -0.132. The first-order valence-corrected chi connectivity index (χ1v) is 9.43. The maximum absolute atomic E-state index is 12.5. The van der Waals surface area contributed by atoms with Crippen LogP contribution in [0.2, 0.25) is 0 Å². The van der Waals surface area contributed by atoms with Crippen molar-refractivity contribution < 1.29 is 18.4 Å². The van der Waals surface area contributed by atoms with E-state index in [1.165, 1.54) is 40.9 Å². The lowest BCUT2D eigenvalue weighted by molar-refractivity contribution is -0.384. The van der Waals surface area contributed by atoms with E-state index in [1.807, 2.05) is 0 Å². The van der Waals surface area contributed by atoms with Crippen LogP contribution >= 0.6 is 0 Å². The molecule has 0 unspecified atom stereocenters. The Bertz CT molecular complexity index is 949. The summed E-state index contributed by atoms with van der Waals surface area (Å²) in [6.45, 7) is 1.07. The number of hydrogen-bond acceptors (Lipinski definition) is 6. The normalized spacial score (nSPS) is 15.5. The number of nitro benzene ring substituents is 1. The molecule has 1 aliphatic rings. The van der Waals surface area contributed by atoms with E-state index in [1.54, 1.807) is 12.1 Å². The van der Waals surface area contributed by atoms with Gasteiger partial charge in [0.25, 0.3) is 5.69 Å². The lowest BCUT2D eigenvalue weighted by atomic mass is 10.2. The Morgan fingerprint density at radius 3 is 2.38 bits per heavy atom. The van der Waals surface area contributed by atoms with Crippen LogP contribution in [0.15, 0.2) is 52.4 Å². The number of non-ortho nitro benzene ring substituents is 1. The lowest BCUT2D eigenvalue weighted by Crippen LogP contribution is -2.27. The van der Waals surface area contributed by atoms with Crippen molar-refractivity contribution in [1.82, 2.24) is 4.31 Å². The molecule has 1 aliphatic heterocycles. The summed E-state index contributed by atoms with van der Waals surface area (Å²) in [5.41, 5.74) is 0.514. The highest BCUT2D eigenvalue weighted by Crippen LogP contribution is 2.25. The molecule has 26 heavy (non-hydrogen) atoms. The fourth-order valence-corrected chi connectivity index (χ4v) is 4.20. The topological polar surface area (TPSA) is 113 Å². The molecule has 1 heterocycles. The molecule has 9 heteroatoms. The van der Waals surface area contributed by atoms with Crippen molar-refractivity contribution in [2.75, 3.05) is 13.1 Å². The third kappa shape index (κ3) is 3.73. The fraction of sp³-hybridized carbons (Fsp3) is 0.235. The van der Waals surface area contributed by atoms with Crippen LogP contribution in [0.25, 0.3) is 0 Å². The van der Waals surface area contributed by atoms with Crippen molar-refractivity contribution in [3.63, 3.8) is 0 Å². The van der Waals surface area contributed by atoms with Crippen molar-refractivity contribution in [2.24, 2.45) is 4.99 Å². The molecular weight excluding hydrogens is 358 g/mol. The number of phenols is 1. The number of rotatable bonds is 5. The highest BCUT2D eigenvalue weighted by Gasteiger charge is 2.26. The van der Waals surface area contributed by atoms with Gasteiger partial charge in [-0.2, -0.15) is 4.31 Å². The zero-order valence-electron chi connectivity index (χ0n) is 13.8. The van der Waals surface area contributed by atoms with Crippen molar-refractivity contribution in [3.05, 3.63) is 58.1 Å². The average molecular weight is 375 g/mol. The third-order valence-corrected chi connectivity index (χ3v) is 6.03. The van der Waals surface area contributed by atoms with E-state index < -0.39 is 14.9 Å². The molecule has 0 aliphatic carbocycles. The molecule has 0 atom stereocenters. The Morgan fingerprint density at radius 1 is 1.12 bits per heavy atom. The molecule has 2 aromatic rings. The number of hydrogen-bond donors (Lipinski definition) is 1. The molecular formula is C17H17N3O5S. The van der Waals surface area contributed by atoms with Crippen LogP contribution in [-0.4, -0.2) is 42.1 Å². The maximum Gasteiger partial charge on any atom is 0.270 e. The molecule has 1 N–H and O–H groups in total. The van der Waals surface area contributed by atoms with Gasteiger partial charge in [-0.15, -0.1) is 0 Å². The number of nitro groups is 1. The van der Waals surface area contributed by atoms with Gasteiger partial charge in [-0.05, 0) is 43.2 Å². The van der Waals surface area contributed by atoms with E-state index in [0.29, 0.717) is 18.8 Å². The van der Waals surface area contributed by atoms with Crippen molar-refractivity contribution >= 4 is 27.6 Å². The van der Waals surface area contributed by atoms with E-state index in [9.17, 15) is 23.6 Å². The van der Waals surface area contributed by atoms with Crippen molar-refractivity contribution in [1.29, 1.82) is 0 Å². The van der Waals surface area contributed by atoms with Gasteiger partial charge in [0.2, 0.25) is 10.0 Å². The maximum atomic E-state index is 12.5. The SMILES string of the molecule is O=[N+]([O-])c1ccc(O)c(C=Nc2ccc(S(=O)(=O)N3CCCC3)cc2)c1. The molecule has 0 radical (unpaired) electrons. The van der Waals surface area contributed by atoms with Crippen LogP contribution in [0.1, 0.15) is 18.4 Å². The molecule has 0 saturated carbocycles. The van der Waals surface area contributed by atoms with Crippen LogP contribution in [0.3, 0.4) is 0 Å². The molecule has 0 bridgehead atoms. The van der Waals surface area contributed by atoms with Gasteiger partial charge >= 0.3 is 0 Å². The number of nitrogens with zero attached hydrogens (tertiary/aromatic N) is 3. The van der Waals surface area contributed by atoms with Gasteiger partial charge < -0.3 is 5.11 Å². The third-order valence-electron chi connectivity index (χ3n) is 4.11. The quantitative estimate of drug-likeness (QED) is 0.490. The number of aliphatic imine (C=N–C) groups is 1. The van der Waals surface area contributed by atoms with Crippen LogP contribution in [0.4, 0.5) is 11.4 Å². The lowest BCUT2D eigenvalue weighted by Gasteiger charge is -2.15. The summed E-state index contributed by atoms with van der Waals surface area (Å²) < 4.78 is 26.4. The molecule has 136 valence electrons. The highest BCUT2D eigenvalue weighted by molar-refractivity contribution is 7.89. The Balaban J connectivity index is 1.80. The number of sulfonamides is 1. The second kappa shape index (κ2) is 7.22. The first-order chi connectivity index (χ1) is 12.4. The van der Waals surface area contributed by atoms with E-state index in [-0.39, 0.29) is 21.9 Å². The predicted octanol–water partition coefficient (Wildman–Crippen LogP) is 2.84. The van der Waals surface area contributed by atoms with E-state index in [4.69, 9.17) is 0 Å². The molecule has 0 amide bonds. The van der Waals surface area contributed by atoms with Gasteiger partial charge in [0.1, 0.15) is 5.75 Å². The van der Waals surface area contributed by atoms with Gasteiger partial charge in [-0.1, -0.05) is 0 Å².